The van der Waals surface area contributed by atoms with Crippen LogP contribution in [-0.2, 0) is 11.3 Å². The lowest BCUT2D eigenvalue weighted by molar-refractivity contribution is -0.133. The van der Waals surface area contributed by atoms with E-state index in [-0.39, 0.29) is 41.8 Å². The number of aliphatic imine (C=N–C) groups is 1. The molecule has 0 spiro atoms. The first-order valence-corrected chi connectivity index (χ1v) is 11.6. The number of nitrogens with zero attached hydrogens (tertiary/aromatic N) is 3. The molecular formula is C24H40IN5O2. The van der Waals surface area contributed by atoms with Crippen molar-refractivity contribution in [3.8, 4) is 5.75 Å². The van der Waals surface area contributed by atoms with Crippen molar-refractivity contribution in [3.05, 3.63) is 29.8 Å². The van der Waals surface area contributed by atoms with Crippen molar-refractivity contribution in [1.29, 1.82) is 0 Å². The molecule has 1 amide bonds. The summed E-state index contributed by atoms with van der Waals surface area (Å²) in [5, 5.41) is 7.02. The van der Waals surface area contributed by atoms with Gasteiger partial charge >= 0.3 is 0 Å². The molecule has 2 fully saturated rings. The van der Waals surface area contributed by atoms with E-state index in [0.717, 1.165) is 57.4 Å². The van der Waals surface area contributed by atoms with Gasteiger partial charge < -0.3 is 20.3 Å². The Morgan fingerprint density at radius 2 is 1.84 bits per heavy atom. The van der Waals surface area contributed by atoms with E-state index in [1.165, 1.54) is 18.4 Å². The molecule has 2 heterocycles. The van der Waals surface area contributed by atoms with Gasteiger partial charge in [0.2, 0.25) is 5.91 Å². The topological polar surface area (TPSA) is 69.2 Å². The van der Waals surface area contributed by atoms with Crippen molar-refractivity contribution in [1.82, 2.24) is 20.4 Å². The zero-order valence-electron chi connectivity index (χ0n) is 20.0. The highest BCUT2D eigenvalue weighted by molar-refractivity contribution is 14.0. The second-order valence-corrected chi connectivity index (χ2v) is 9.09. The largest absolute Gasteiger partial charge is 0.497 e. The molecule has 0 bridgehead atoms. The van der Waals surface area contributed by atoms with E-state index in [0.29, 0.717) is 5.92 Å². The molecule has 2 aliphatic rings. The van der Waals surface area contributed by atoms with Crippen molar-refractivity contribution in [2.75, 3.05) is 46.9 Å². The fraction of sp³-hybridized carbons (Fsp3) is 0.667. The second kappa shape index (κ2) is 13.2. The number of ether oxygens (including phenoxy) is 1. The van der Waals surface area contributed by atoms with Gasteiger partial charge in [0, 0.05) is 45.2 Å². The number of methoxy groups -OCH3 is 1. The van der Waals surface area contributed by atoms with Crippen molar-refractivity contribution < 1.29 is 9.53 Å². The van der Waals surface area contributed by atoms with Gasteiger partial charge in [-0.1, -0.05) is 26.0 Å². The lowest BCUT2D eigenvalue weighted by Gasteiger charge is -2.32. The van der Waals surface area contributed by atoms with Crippen molar-refractivity contribution >= 4 is 35.8 Å². The van der Waals surface area contributed by atoms with Crippen LogP contribution in [0.25, 0.3) is 0 Å². The first-order valence-electron chi connectivity index (χ1n) is 11.6. The molecule has 1 atom stereocenters. The molecule has 2 N–H and O–H groups in total. The molecule has 2 aliphatic heterocycles. The minimum absolute atomic E-state index is 0. The summed E-state index contributed by atoms with van der Waals surface area (Å²) in [6.07, 6.45) is 3.36. The summed E-state index contributed by atoms with van der Waals surface area (Å²) in [7, 11) is 3.52. The highest BCUT2D eigenvalue weighted by atomic mass is 127. The molecule has 7 nitrogen and oxygen atoms in total. The van der Waals surface area contributed by atoms with Crippen LogP contribution in [0.1, 0.15) is 38.7 Å². The summed E-state index contributed by atoms with van der Waals surface area (Å²) in [6.45, 7) is 9.72. The Hall–Kier alpha value is -1.55. The van der Waals surface area contributed by atoms with E-state index in [1.54, 1.807) is 7.11 Å². The van der Waals surface area contributed by atoms with E-state index < -0.39 is 0 Å². The fourth-order valence-corrected chi connectivity index (χ4v) is 4.41. The molecule has 0 radical (unpaired) electrons. The number of nitrogens with one attached hydrogen (secondary N) is 2. The molecule has 0 aliphatic carbocycles. The average molecular weight is 558 g/mol. The average Bonchev–Trinajstić information content (AvgIpc) is 3.26. The van der Waals surface area contributed by atoms with Crippen LogP contribution >= 0.6 is 24.0 Å². The maximum Gasteiger partial charge on any atom is 0.225 e. The summed E-state index contributed by atoms with van der Waals surface area (Å²) < 4.78 is 5.24. The van der Waals surface area contributed by atoms with Crippen molar-refractivity contribution in [3.63, 3.8) is 0 Å². The first kappa shape index (κ1) is 26.7. The smallest absolute Gasteiger partial charge is 0.225 e. The van der Waals surface area contributed by atoms with E-state index in [9.17, 15) is 4.79 Å². The van der Waals surface area contributed by atoms with Crippen LogP contribution in [0.3, 0.4) is 0 Å². The number of hydrogen-bond donors (Lipinski definition) is 2. The third-order valence-corrected chi connectivity index (χ3v) is 6.39. The standard InChI is InChI=1S/C24H39N5O2.HI/c1-18(2)23(30)29-14-11-21(17-29)27-24(25-3)26-15-19-9-12-28(13-10-19)16-20-5-7-22(31-4)8-6-20;/h5-8,18-19,21H,9-17H2,1-4H3,(H2,25,26,27);1H. The van der Waals surface area contributed by atoms with Crippen molar-refractivity contribution in [2.24, 2.45) is 16.8 Å². The molecule has 1 aromatic carbocycles. The number of rotatable bonds is 7. The maximum atomic E-state index is 12.2. The van der Waals surface area contributed by atoms with Crippen LogP contribution in [0.2, 0.25) is 0 Å². The fourth-order valence-electron chi connectivity index (χ4n) is 4.41. The van der Waals surface area contributed by atoms with Crippen LogP contribution < -0.4 is 15.4 Å². The normalized spacial score (nSPS) is 20.2. The number of hydrogen-bond acceptors (Lipinski definition) is 4. The molecule has 0 saturated carbocycles. The number of piperidine rings is 1. The second-order valence-electron chi connectivity index (χ2n) is 9.09. The highest BCUT2D eigenvalue weighted by Gasteiger charge is 2.28. The maximum absolute atomic E-state index is 12.2. The van der Waals surface area contributed by atoms with Crippen LogP contribution in [0.4, 0.5) is 0 Å². The lowest BCUT2D eigenvalue weighted by atomic mass is 9.96. The summed E-state index contributed by atoms with van der Waals surface area (Å²) in [5.74, 6) is 2.73. The Bertz CT molecular complexity index is 732. The summed E-state index contributed by atoms with van der Waals surface area (Å²) >= 11 is 0. The van der Waals surface area contributed by atoms with Crippen LogP contribution in [0.5, 0.6) is 5.75 Å². The number of carbonyl (C=O) groups is 1. The highest BCUT2D eigenvalue weighted by Crippen LogP contribution is 2.20. The van der Waals surface area contributed by atoms with Crippen molar-refractivity contribution in [2.45, 2.75) is 45.7 Å². The number of halogens is 1. The Kier molecular flexibility index (Phi) is 11.0. The molecule has 0 aromatic heterocycles. The van der Waals surface area contributed by atoms with Crippen LogP contribution in [-0.4, -0.2) is 74.6 Å². The van der Waals surface area contributed by atoms with Gasteiger partial charge in [-0.25, -0.2) is 0 Å². The number of amides is 1. The summed E-state index contributed by atoms with van der Waals surface area (Å²) in [4.78, 5) is 21.1. The van der Waals surface area contributed by atoms with E-state index in [2.05, 4.69) is 32.7 Å². The monoisotopic (exact) mass is 557 g/mol. The van der Waals surface area contributed by atoms with Gasteiger partial charge in [-0.2, -0.15) is 0 Å². The lowest BCUT2D eigenvalue weighted by Crippen LogP contribution is -2.47. The van der Waals surface area contributed by atoms with E-state index >= 15 is 0 Å². The molecule has 32 heavy (non-hydrogen) atoms. The number of likely N-dealkylation sites (tertiary alicyclic amines) is 2. The molecule has 8 heteroatoms. The quantitative estimate of drug-likeness (QED) is 0.307. The molecule has 1 aromatic rings. The van der Waals surface area contributed by atoms with Gasteiger partial charge in [-0.3, -0.25) is 14.7 Å². The van der Waals surface area contributed by atoms with E-state index in [1.807, 2.05) is 37.9 Å². The SMILES string of the molecule is CN=C(NCC1CCN(Cc2ccc(OC)cc2)CC1)NC1CCN(C(=O)C(C)C)C1.I. The third-order valence-electron chi connectivity index (χ3n) is 6.39. The molecule has 180 valence electrons. The van der Waals surface area contributed by atoms with Gasteiger partial charge in [0.1, 0.15) is 5.75 Å². The molecular weight excluding hydrogens is 517 g/mol. The predicted molar refractivity (Wildman–Crippen MR) is 141 cm³/mol. The minimum atomic E-state index is 0. The number of benzene rings is 1. The Balaban J connectivity index is 0.00000363. The molecule has 1 unspecified atom stereocenters. The van der Waals surface area contributed by atoms with Gasteiger partial charge in [0.05, 0.1) is 7.11 Å². The van der Waals surface area contributed by atoms with Gasteiger partial charge in [0.15, 0.2) is 5.96 Å². The van der Waals surface area contributed by atoms with E-state index in [4.69, 9.17) is 4.74 Å². The number of guanidine groups is 1. The Morgan fingerprint density at radius 1 is 1.16 bits per heavy atom. The minimum Gasteiger partial charge on any atom is -0.497 e. The Morgan fingerprint density at radius 3 is 2.44 bits per heavy atom. The zero-order chi connectivity index (χ0) is 22.2. The molecule has 2 saturated heterocycles. The van der Waals surface area contributed by atoms with Crippen LogP contribution in [0, 0.1) is 11.8 Å². The summed E-state index contributed by atoms with van der Waals surface area (Å²) in [6, 6.07) is 8.65. The summed E-state index contributed by atoms with van der Waals surface area (Å²) in [5.41, 5.74) is 1.34. The number of carbonyl (C=O) groups excluding carboxylic acids is 1. The van der Waals surface area contributed by atoms with Crippen LogP contribution in [0.15, 0.2) is 29.3 Å². The predicted octanol–water partition coefficient (Wildman–Crippen LogP) is 2.95. The zero-order valence-corrected chi connectivity index (χ0v) is 22.3. The van der Waals surface area contributed by atoms with Gasteiger partial charge in [0.25, 0.3) is 0 Å². The van der Waals surface area contributed by atoms with Gasteiger partial charge in [-0.15, -0.1) is 24.0 Å². The first-order chi connectivity index (χ1) is 15.0. The molecule has 3 rings (SSSR count). The third kappa shape index (κ3) is 7.79. The Labute approximate surface area is 210 Å². The van der Waals surface area contributed by atoms with Gasteiger partial charge in [-0.05, 0) is 56.0 Å².